The van der Waals surface area contributed by atoms with E-state index >= 15 is 0 Å². The minimum absolute atomic E-state index is 0.0165. The van der Waals surface area contributed by atoms with Crippen LogP contribution >= 0.6 is 0 Å². The Hall–Kier alpha value is -3.72. The van der Waals surface area contributed by atoms with Gasteiger partial charge in [0.05, 0.1) is 11.7 Å². The van der Waals surface area contributed by atoms with Gasteiger partial charge < -0.3 is 15.4 Å². The first-order chi connectivity index (χ1) is 17.6. The molecule has 1 saturated heterocycles. The fraction of sp³-hybridized carbons (Fsp3) is 0.407. The second-order valence-corrected chi connectivity index (χ2v) is 9.59. The summed E-state index contributed by atoms with van der Waals surface area (Å²) in [6.45, 7) is 3.30. The van der Waals surface area contributed by atoms with E-state index in [1.165, 1.54) is 30.2 Å². The van der Waals surface area contributed by atoms with E-state index in [0.29, 0.717) is 29.8 Å². The highest BCUT2D eigenvalue weighted by Crippen LogP contribution is 2.47. The molecule has 2 N–H and O–H groups in total. The first kappa shape index (κ1) is 22.7. The molecule has 1 amide bonds. The van der Waals surface area contributed by atoms with Gasteiger partial charge in [0.2, 0.25) is 5.95 Å². The molecular formula is C27H31N7O2. The second-order valence-electron chi connectivity index (χ2n) is 9.59. The Morgan fingerprint density at radius 2 is 1.94 bits per heavy atom. The predicted molar refractivity (Wildman–Crippen MR) is 138 cm³/mol. The number of nitrogens with zero attached hydrogens (tertiary/aromatic N) is 5. The molecule has 9 nitrogen and oxygen atoms in total. The van der Waals surface area contributed by atoms with Crippen molar-refractivity contribution < 1.29 is 9.53 Å². The van der Waals surface area contributed by atoms with Gasteiger partial charge in [-0.05, 0) is 74.8 Å². The van der Waals surface area contributed by atoms with Gasteiger partial charge in [0, 0.05) is 42.4 Å². The number of benzene rings is 2. The van der Waals surface area contributed by atoms with Crippen molar-refractivity contribution in [1.82, 2.24) is 29.9 Å². The molecule has 2 aromatic heterocycles. The lowest BCUT2D eigenvalue weighted by Crippen LogP contribution is -2.22. The number of ether oxygens (including phenoxy) is 1. The quantitative estimate of drug-likeness (QED) is 0.386. The van der Waals surface area contributed by atoms with Gasteiger partial charge in [0.1, 0.15) is 0 Å². The van der Waals surface area contributed by atoms with Gasteiger partial charge in [0.15, 0.2) is 12.1 Å². The maximum Gasteiger partial charge on any atom is 0.251 e. The molecule has 1 atom stereocenters. The summed E-state index contributed by atoms with van der Waals surface area (Å²) in [6, 6.07) is 11.6. The van der Waals surface area contributed by atoms with Gasteiger partial charge in [-0.25, -0.2) is 9.36 Å². The van der Waals surface area contributed by atoms with Gasteiger partial charge in [-0.3, -0.25) is 4.79 Å². The number of amides is 1. The zero-order valence-corrected chi connectivity index (χ0v) is 20.7. The normalized spacial score (nSPS) is 17.9. The molecule has 0 radical (unpaired) electrons. The third kappa shape index (κ3) is 4.24. The molecule has 1 saturated carbocycles. The zero-order valence-electron chi connectivity index (χ0n) is 20.7. The highest BCUT2D eigenvalue weighted by atomic mass is 16.5. The lowest BCUT2D eigenvalue weighted by molar-refractivity contribution is -0.0366. The van der Waals surface area contributed by atoms with Gasteiger partial charge >= 0.3 is 0 Å². The van der Waals surface area contributed by atoms with E-state index in [4.69, 9.17) is 14.8 Å². The number of aryl methyl sites for hydroxylation is 1. The fourth-order valence-electron chi connectivity index (χ4n) is 4.98. The van der Waals surface area contributed by atoms with Gasteiger partial charge in [-0.2, -0.15) is 10.1 Å². The summed E-state index contributed by atoms with van der Waals surface area (Å²) in [5.41, 5.74) is 4.95. The summed E-state index contributed by atoms with van der Waals surface area (Å²) in [5.74, 6) is 1.72. The fourth-order valence-corrected chi connectivity index (χ4v) is 4.98. The van der Waals surface area contributed by atoms with Crippen molar-refractivity contribution in [2.75, 3.05) is 18.5 Å². The smallest absolute Gasteiger partial charge is 0.251 e. The molecule has 1 unspecified atom stereocenters. The average Bonchev–Trinajstić information content (AvgIpc) is 3.55. The van der Waals surface area contributed by atoms with Crippen molar-refractivity contribution in [2.45, 2.75) is 51.2 Å². The van der Waals surface area contributed by atoms with E-state index in [1.54, 1.807) is 16.8 Å². The molecule has 2 aromatic carbocycles. The van der Waals surface area contributed by atoms with Crippen molar-refractivity contribution in [3.8, 4) is 11.4 Å². The third-order valence-corrected chi connectivity index (χ3v) is 6.99. The van der Waals surface area contributed by atoms with Crippen molar-refractivity contribution in [1.29, 1.82) is 0 Å². The van der Waals surface area contributed by atoms with Crippen molar-refractivity contribution >= 4 is 28.4 Å². The largest absolute Gasteiger partial charge is 0.356 e. The van der Waals surface area contributed by atoms with Gasteiger partial charge in [-0.15, -0.1) is 5.10 Å². The zero-order chi connectivity index (χ0) is 24.6. The maximum atomic E-state index is 12.1. The van der Waals surface area contributed by atoms with Gasteiger partial charge in [-0.1, -0.05) is 12.1 Å². The number of rotatable bonds is 7. The number of carbonyl (C=O) groups is 1. The van der Waals surface area contributed by atoms with E-state index < -0.39 is 0 Å². The third-order valence-electron chi connectivity index (χ3n) is 6.99. The van der Waals surface area contributed by atoms with Crippen LogP contribution in [0.15, 0.2) is 42.6 Å². The Morgan fingerprint density at radius 3 is 2.67 bits per heavy atom. The monoisotopic (exact) mass is 485 g/mol. The molecule has 2 aliphatic rings. The minimum Gasteiger partial charge on any atom is -0.356 e. The summed E-state index contributed by atoms with van der Waals surface area (Å²) in [6.07, 6.45) is 7.66. The lowest BCUT2D eigenvalue weighted by atomic mass is 10.0. The van der Waals surface area contributed by atoms with Crippen LogP contribution < -0.4 is 10.6 Å². The van der Waals surface area contributed by atoms with E-state index in [0.717, 1.165) is 36.2 Å². The standard InChI is InChI=1S/C27H31N7O2/c1-3-28-26(35)19-11-9-18(10-12-19)25-31-27(33(2)32-25)30-21-13-14-22-20(24(21)17-7-8-17)16-29-34(22)23-6-4-5-15-36-23/h9-14,16-17,23H,3-8,15H2,1-2H3,(H,28,35)(H,30,31,32). The molecule has 4 aromatic rings. The number of aromatic nitrogens is 5. The summed E-state index contributed by atoms with van der Waals surface area (Å²) < 4.78 is 9.81. The SMILES string of the molecule is CCNC(=O)c1ccc(-c2nc(Nc3ccc4c(cnn4C4CCCCO4)c3C3CC3)n(C)n2)cc1. The highest BCUT2D eigenvalue weighted by Gasteiger charge is 2.30. The molecule has 186 valence electrons. The van der Waals surface area contributed by atoms with E-state index in [2.05, 4.69) is 32.5 Å². The molecular weight excluding hydrogens is 454 g/mol. The Kier molecular flexibility index (Phi) is 5.92. The molecule has 9 heteroatoms. The van der Waals surface area contributed by atoms with Gasteiger partial charge in [0.25, 0.3) is 5.91 Å². The number of hydrogen-bond donors (Lipinski definition) is 2. The Bertz CT molecular complexity index is 1400. The molecule has 2 fully saturated rings. The number of hydrogen-bond acceptors (Lipinski definition) is 6. The van der Waals surface area contributed by atoms with Crippen LogP contribution in [-0.4, -0.2) is 43.6 Å². The molecule has 0 bridgehead atoms. The number of fused-ring (bicyclic) bond motifs is 1. The van der Waals surface area contributed by atoms with Crippen molar-refractivity contribution in [2.24, 2.45) is 7.05 Å². The van der Waals surface area contributed by atoms with Crippen LogP contribution in [0.3, 0.4) is 0 Å². The lowest BCUT2D eigenvalue weighted by Gasteiger charge is -2.23. The summed E-state index contributed by atoms with van der Waals surface area (Å²) in [7, 11) is 1.88. The van der Waals surface area contributed by atoms with Crippen molar-refractivity contribution in [3.63, 3.8) is 0 Å². The minimum atomic E-state index is -0.0817. The van der Waals surface area contributed by atoms with Crippen LogP contribution in [0.2, 0.25) is 0 Å². The maximum absolute atomic E-state index is 12.1. The summed E-state index contributed by atoms with van der Waals surface area (Å²) in [5, 5.41) is 16.9. The van der Waals surface area contributed by atoms with Crippen LogP contribution in [-0.2, 0) is 11.8 Å². The molecule has 36 heavy (non-hydrogen) atoms. The number of anilines is 2. The molecule has 1 aliphatic carbocycles. The topological polar surface area (TPSA) is 98.9 Å². The molecule has 1 aliphatic heterocycles. The summed E-state index contributed by atoms with van der Waals surface area (Å²) in [4.78, 5) is 16.8. The van der Waals surface area contributed by atoms with E-state index in [-0.39, 0.29) is 12.1 Å². The van der Waals surface area contributed by atoms with Crippen LogP contribution in [0.4, 0.5) is 11.6 Å². The first-order valence-corrected chi connectivity index (χ1v) is 12.8. The molecule has 6 rings (SSSR count). The predicted octanol–water partition coefficient (Wildman–Crippen LogP) is 4.90. The highest BCUT2D eigenvalue weighted by molar-refractivity contribution is 5.94. The first-order valence-electron chi connectivity index (χ1n) is 12.8. The van der Waals surface area contributed by atoms with Crippen LogP contribution in [0.25, 0.3) is 22.3 Å². The average molecular weight is 486 g/mol. The molecule has 0 spiro atoms. The number of nitrogens with one attached hydrogen (secondary N) is 2. The Labute approximate surface area is 209 Å². The van der Waals surface area contributed by atoms with Crippen LogP contribution in [0, 0.1) is 0 Å². The Balaban J connectivity index is 1.29. The van der Waals surface area contributed by atoms with Crippen LogP contribution in [0.1, 0.15) is 67.1 Å². The van der Waals surface area contributed by atoms with Crippen molar-refractivity contribution in [3.05, 3.63) is 53.7 Å². The molecule has 3 heterocycles. The Morgan fingerprint density at radius 1 is 1.11 bits per heavy atom. The van der Waals surface area contributed by atoms with E-state index in [1.807, 2.05) is 32.3 Å². The van der Waals surface area contributed by atoms with E-state index in [9.17, 15) is 4.79 Å². The summed E-state index contributed by atoms with van der Waals surface area (Å²) >= 11 is 0. The number of carbonyl (C=O) groups excluding carboxylic acids is 1. The van der Waals surface area contributed by atoms with Crippen LogP contribution in [0.5, 0.6) is 0 Å². The second kappa shape index (κ2) is 9.39.